The van der Waals surface area contributed by atoms with Gasteiger partial charge in [-0.15, -0.1) is 0 Å². The van der Waals surface area contributed by atoms with Crippen LogP contribution < -0.4 is 5.73 Å². The molecule has 1 fully saturated rings. The number of nitrogen functional groups attached to an aromatic ring is 1. The number of carboxylic acid groups (broad SMARTS) is 1. The third-order valence-electron chi connectivity index (χ3n) is 3.73. The van der Waals surface area contributed by atoms with Crippen LogP contribution in [0, 0.1) is 5.92 Å². The van der Waals surface area contributed by atoms with Gasteiger partial charge >= 0.3 is 5.97 Å². The third-order valence-corrected chi connectivity index (χ3v) is 3.73. The average molecular weight is 276 g/mol. The smallest absolute Gasteiger partial charge is 0.303 e. The SMILES string of the molecule is Nc1ccc(C(=O)N2CCC[C@@H](CCC(=O)O)C2)cc1. The summed E-state index contributed by atoms with van der Waals surface area (Å²) in [6.07, 6.45) is 2.75. The fourth-order valence-corrected chi connectivity index (χ4v) is 2.62. The highest BCUT2D eigenvalue weighted by atomic mass is 16.4. The maximum absolute atomic E-state index is 12.4. The molecule has 0 bridgehead atoms. The maximum atomic E-state index is 12.4. The van der Waals surface area contributed by atoms with Gasteiger partial charge in [0.15, 0.2) is 0 Å². The number of carboxylic acids is 1. The van der Waals surface area contributed by atoms with Crippen molar-refractivity contribution in [1.29, 1.82) is 0 Å². The molecule has 1 atom stereocenters. The standard InChI is InChI=1S/C15H20N2O3/c16-13-6-4-12(5-7-13)15(20)17-9-1-2-11(10-17)3-8-14(18)19/h4-7,11H,1-3,8-10,16H2,(H,18,19)/t11-/m0/s1. The Balaban J connectivity index is 1.96. The largest absolute Gasteiger partial charge is 0.481 e. The van der Waals surface area contributed by atoms with E-state index in [1.165, 1.54) is 0 Å². The first-order valence-corrected chi connectivity index (χ1v) is 6.93. The van der Waals surface area contributed by atoms with Crippen LogP contribution in [0.3, 0.4) is 0 Å². The molecule has 5 nitrogen and oxygen atoms in total. The lowest BCUT2D eigenvalue weighted by atomic mass is 9.93. The van der Waals surface area contributed by atoms with E-state index in [-0.39, 0.29) is 18.2 Å². The van der Waals surface area contributed by atoms with E-state index < -0.39 is 5.97 Å². The zero-order valence-electron chi connectivity index (χ0n) is 11.4. The molecule has 0 aromatic heterocycles. The van der Waals surface area contributed by atoms with E-state index in [4.69, 9.17) is 10.8 Å². The topological polar surface area (TPSA) is 83.6 Å². The van der Waals surface area contributed by atoms with Gasteiger partial charge in [-0.2, -0.15) is 0 Å². The van der Waals surface area contributed by atoms with Gasteiger partial charge in [0.25, 0.3) is 5.91 Å². The minimum absolute atomic E-state index is 0.00465. The van der Waals surface area contributed by atoms with E-state index in [0.717, 1.165) is 19.4 Å². The lowest BCUT2D eigenvalue weighted by Crippen LogP contribution is -2.40. The molecule has 108 valence electrons. The first-order valence-electron chi connectivity index (χ1n) is 6.93. The highest BCUT2D eigenvalue weighted by Crippen LogP contribution is 2.22. The van der Waals surface area contributed by atoms with Crippen molar-refractivity contribution in [1.82, 2.24) is 4.90 Å². The fraction of sp³-hybridized carbons (Fsp3) is 0.467. The normalized spacial score (nSPS) is 18.8. The van der Waals surface area contributed by atoms with Crippen LogP contribution in [-0.4, -0.2) is 35.0 Å². The van der Waals surface area contributed by atoms with Crippen molar-refractivity contribution in [3.8, 4) is 0 Å². The number of carbonyl (C=O) groups is 2. The second-order valence-electron chi connectivity index (χ2n) is 5.31. The molecule has 1 amide bonds. The summed E-state index contributed by atoms with van der Waals surface area (Å²) >= 11 is 0. The Morgan fingerprint density at radius 2 is 2.00 bits per heavy atom. The molecule has 1 aliphatic rings. The lowest BCUT2D eigenvalue weighted by Gasteiger charge is -2.32. The Hall–Kier alpha value is -2.04. The number of nitrogens with two attached hydrogens (primary N) is 1. The second-order valence-corrected chi connectivity index (χ2v) is 5.31. The van der Waals surface area contributed by atoms with Gasteiger partial charge in [0.2, 0.25) is 0 Å². The van der Waals surface area contributed by atoms with Gasteiger partial charge in [0.05, 0.1) is 0 Å². The minimum Gasteiger partial charge on any atom is -0.481 e. The van der Waals surface area contributed by atoms with E-state index in [2.05, 4.69) is 0 Å². The second kappa shape index (κ2) is 6.41. The molecule has 0 saturated carbocycles. The van der Waals surface area contributed by atoms with Crippen LogP contribution in [-0.2, 0) is 4.79 Å². The molecule has 0 unspecified atom stereocenters. The number of carbonyl (C=O) groups excluding carboxylic acids is 1. The molecule has 5 heteroatoms. The van der Waals surface area contributed by atoms with Gasteiger partial charge in [0, 0.05) is 30.8 Å². The van der Waals surface area contributed by atoms with Crippen molar-refractivity contribution < 1.29 is 14.7 Å². The molecular formula is C15H20N2O3. The Labute approximate surface area is 118 Å². The highest BCUT2D eigenvalue weighted by molar-refractivity contribution is 5.94. The number of amides is 1. The molecule has 20 heavy (non-hydrogen) atoms. The van der Waals surface area contributed by atoms with Crippen molar-refractivity contribution in [2.24, 2.45) is 5.92 Å². The minimum atomic E-state index is -0.771. The summed E-state index contributed by atoms with van der Waals surface area (Å²) in [7, 11) is 0. The van der Waals surface area contributed by atoms with Crippen LogP contribution in [0.4, 0.5) is 5.69 Å². The molecular weight excluding hydrogens is 256 g/mol. The van der Waals surface area contributed by atoms with Crippen LogP contribution in [0.2, 0.25) is 0 Å². The van der Waals surface area contributed by atoms with Gasteiger partial charge in [-0.25, -0.2) is 0 Å². The van der Waals surface area contributed by atoms with Crippen LogP contribution >= 0.6 is 0 Å². The molecule has 1 heterocycles. The summed E-state index contributed by atoms with van der Waals surface area (Å²) in [5, 5.41) is 8.73. The summed E-state index contributed by atoms with van der Waals surface area (Å²) in [4.78, 5) is 24.8. The molecule has 3 N–H and O–H groups in total. The van der Waals surface area contributed by atoms with Crippen LogP contribution in [0.25, 0.3) is 0 Å². The van der Waals surface area contributed by atoms with Crippen molar-refractivity contribution in [3.05, 3.63) is 29.8 Å². The number of anilines is 1. The van der Waals surface area contributed by atoms with Gasteiger partial charge < -0.3 is 15.7 Å². The van der Waals surface area contributed by atoms with Gasteiger partial charge in [-0.1, -0.05) is 0 Å². The summed E-state index contributed by atoms with van der Waals surface area (Å²) in [6, 6.07) is 6.91. The van der Waals surface area contributed by atoms with Crippen molar-refractivity contribution in [3.63, 3.8) is 0 Å². The Morgan fingerprint density at radius 3 is 2.65 bits per heavy atom. The molecule has 1 aromatic carbocycles. The molecule has 0 aliphatic carbocycles. The van der Waals surface area contributed by atoms with Crippen LogP contribution in [0.15, 0.2) is 24.3 Å². The molecule has 1 aromatic rings. The summed E-state index contributed by atoms with van der Waals surface area (Å²) in [5.41, 5.74) is 6.89. The number of rotatable bonds is 4. The number of piperidine rings is 1. The predicted molar refractivity (Wildman–Crippen MR) is 76.4 cm³/mol. The van der Waals surface area contributed by atoms with E-state index in [0.29, 0.717) is 24.2 Å². The summed E-state index contributed by atoms with van der Waals surface area (Å²) in [6.45, 7) is 1.39. The van der Waals surface area contributed by atoms with Crippen LogP contribution in [0.5, 0.6) is 0 Å². The van der Waals surface area contributed by atoms with Crippen LogP contribution in [0.1, 0.15) is 36.0 Å². The first kappa shape index (κ1) is 14.4. The molecule has 2 rings (SSSR count). The quantitative estimate of drug-likeness (QED) is 0.824. The first-order chi connectivity index (χ1) is 9.56. The summed E-state index contributed by atoms with van der Waals surface area (Å²) in [5.74, 6) is -0.477. The zero-order valence-corrected chi connectivity index (χ0v) is 11.4. The Kier molecular flexibility index (Phi) is 4.61. The van der Waals surface area contributed by atoms with E-state index >= 15 is 0 Å². The fourth-order valence-electron chi connectivity index (χ4n) is 2.62. The molecule has 0 radical (unpaired) electrons. The molecule has 1 aliphatic heterocycles. The number of aliphatic carboxylic acids is 1. The maximum Gasteiger partial charge on any atom is 0.303 e. The van der Waals surface area contributed by atoms with Gasteiger partial charge in [0.1, 0.15) is 0 Å². The monoisotopic (exact) mass is 276 g/mol. The Bertz CT molecular complexity index is 484. The molecule has 1 saturated heterocycles. The van der Waals surface area contributed by atoms with Gasteiger partial charge in [-0.05, 0) is 49.4 Å². The summed E-state index contributed by atoms with van der Waals surface area (Å²) < 4.78 is 0. The lowest BCUT2D eigenvalue weighted by molar-refractivity contribution is -0.137. The highest BCUT2D eigenvalue weighted by Gasteiger charge is 2.24. The van der Waals surface area contributed by atoms with Crippen molar-refractivity contribution in [2.45, 2.75) is 25.7 Å². The number of hydrogen-bond donors (Lipinski definition) is 2. The zero-order chi connectivity index (χ0) is 14.5. The number of hydrogen-bond acceptors (Lipinski definition) is 3. The predicted octanol–water partition coefficient (Wildman–Crippen LogP) is 1.99. The van der Waals surface area contributed by atoms with Crippen molar-refractivity contribution >= 4 is 17.6 Å². The Morgan fingerprint density at radius 1 is 1.30 bits per heavy atom. The number of nitrogens with zero attached hydrogens (tertiary/aromatic N) is 1. The van der Waals surface area contributed by atoms with Crippen molar-refractivity contribution in [2.75, 3.05) is 18.8 Å². The molecule has 0 spiro atoms. The van der Waals surface area contributed by atoms with E-state index in [9.17, 15) is 9.59 Å². The van der Waals surface area contributed by atoms with Gasteiger partial charge in [-0.3, -0.25) is 9.59 Å². The third kappa shape index (κ3) is 3.73. The van der Waals surface area contributed by atoms with E-state index in [1.54, 1.807) is 24.3 Å². The van der Waals surface area contributed by atoms with E-state index in [1.807, 2.05) is 4.90 Å². The number of likely N-dealkylation sites (tertiary alicyclic amines) is 1. The number of benzene rings is 1. The average Bonchev–Trinajstić information content (AvgIpc) is 2.45.